The van der Waals surface area contributed by atoms with Gasteiger partial charge in [0.25, 0.3) is 5.69 Å². The van der Waals surface area contributed by atoms with Gasteiger partial charge >= 0.3 is 5.76 Å². The number of carbonyl (C=O) groups is 1. The molecule has 1 heterocycles. The summed E-state index contributed by atoms with van der Waals surface area (Å²) in [5.74, 6) is 0.0804. The summed E-state index contributed by atoms with van der Waals surface area (Å²) in [6, 6.07) is 9.94. The number of non-ortho nitro benzene ring substituents is 1. The van der Waals surface area contributed by atoms with Crippen molar-refractivity contribution < 1.29 is 18.9 Å². The summed E-state index contributed by atoms with van der Waals surface area (Å²) >= 11 is 0. The number of nitrogens with zero attached hydrogens (tertiary/aromatic N) is 2. The molecule has 0 saturated carbocycles. The number of carbonyl (C=O) groups excluding carboxylic acids is 1. The predicted octanol–water partition coefficient (Wildman–Crippen LogP) is 2.96. The smallest absolute Gasteiger partial charge is 0.419 e. The van der Waals surface area contributed by atoms with Crippen LogP contribution in [0.2, 0.25) is 0 Å². The maximum atomic E-state index is 12.1. The number of aromatic nitrogens is 1. The number of nitro benzene ring substituents is 1. The number of oxazole rings is 1. The largest absolute Gasteiger partial charge is 0.496 e. The highest BCUT2D eigenvalue weighted by molar-refractivity contribution is 5.76. The molecule has 9 heteroatoms. The van der Waals surface area contributed by atoms with Crippen LogP contribution in [0.1, 0.15) is 24.0 Å². The van der Waals surface area contributed by atoms with Gasteiger partial charge < -0.3 is 14.5 Å². The Morgan fingerprint density at radius 3 is 2.80 bits per heavy atom. The Morgan fingerprint density at radius 2 is 2.07 bits per heavy atom. The van der Waals surface area contributed by atoms with Gasteiger partial charge in [-0.3, -0.25) is 19.5 Å². The number of benzene rings is 2. The zero-order chi connectivity index (χ0) is 21.7. The molecule has 1 N–H and O–H groups in total. The lowest BCUT2D eigenvalue weighted by atomic mass is 10.1. The van der Waals surface area contributed by atoms with Crippen LogP contribution < -0.4 is 15.8 Å². The van der Waals surface area contributed by atoms with Gasteiger partial charge in [0.15, 0.2) is 5.58 Å². The molecule has 0 fully saturated rings. The van der Waals surface area contributed by atoms with Crippen LogP contribution in [0.5, 0.6) is 5.75 Å². The average molecular weight is 413 g/mol. The van der Waals surface area contributed by atoms with E-state index in [-0.39, 0.29) is 30.1 Å². The minimum Gasteiger partial charge on any atom is -0.496 e. The average Bonchev–Trinajstić information content (AvgIpc) is 3.02. The fourth-order valence-electron chi connectivity index (χ4n) is 3.31. The molecule has 0 aliphatic carbocycles. The molecule has 2 aromatic carbocycles. The number of nitrogens with one attached hydrogen (secondary N) is 1. The van der Waals surface area contributed by atoms with Crippen molar-refractivity contribution in [2.45, 2.75) is 32.7 Å². The second kappa shape index (κ2) is 9.25. The van der Waals surface area contributed by atoms with Crippen molar-refractivity contribution in [3.8, 4) is 5.75 Å². The van der Waals surface area contributed by atoms with Gasteiger partial charge in [-0.05, 0) is 37.5 Å². The molecule has 0 saturated heterocycles. The number of aryl methyl sites for hydroxylation is 2. The van der Waals surface area contributed by atoms with E-state index in [1.807, 2.05) is 25.1 Å². The van der Waals surface area contributed by atoms with Gasteiger partial charge in [-0.1, -0.05) is 17.7 Å². The van der Waals surface area contributed by atoms with Gasteiger partial charge in [0.05, 0.1) is 23.6 Å². The fourth-order valence-corrected chi connectivity index (χ4v) is 3.31. The Bertz CT molecular complexity index is 1130. The first-order valence-electron chi connectivity index (χ1n) is 9.57. The molecule has 3 rings (SSSR count). The van der Waals surface area contributed by atoms with Crippen molar-refractivity contribution in [1.29, 1.82) is 0 Å². The summed E-state index contributed by atoms with van der Waals surface area (Å²) in [5, 5.41) is 13.7. The van der Waals surface area contributed by atoms with Crippen molar-refractivity contribution in [3.63, 3.8) is 0 Å². The van der Waals surface area contributed by atoms with Gasteiger partial charge in [0.1, 0.15) is 5.75 Å². The number of hydrogen-bond acceptors (Lipinski definition) is 6. The van der Waals surface area contributed by atoms with E-state index in [1.165, 1.54) is 22.8 Å². The second-order valence-corrected chi connectivity index (χ2v) is 6.95. The minimum atomic E-state index is -0.600. The van der Waals surface area contributed by atoms with Crippen LogP contribution in [0.3, 0.4) is 0 Å². The summed E-state index contributed by atoms with van der Waals surface area (Å²) in [4.78, 5) is 34.4. The van der Waals surface area contributed by atoms with Crippen LogP contribution in [0.25, 0.3) is 11.1 Å². The highest BCUT2D eigenvalue weighted by Crippen LogP contribution is 2.21. The first kappa shape index (κ1) is 21.1. The van der Waals surface area contributed by atoms with Gasteiger partial charge in [0, 0.05) is 25.6 Å². The van der Waals surface area contributed by atoms with Gasteiger partial charge in [-0.2, -0.15) is 0 Å². The molecule has 1 amide bonds. The first-order valence-corrected chi connectivity index (χ1v) is 9.57. The Kier molecular flexibility index (Phi) is 6.51. The van der Waals surface area contributed by atoms with Crippen molar-refractivity contribution in [1.82, 2.24) is 9.88 Å². The van der Waals surface area contributed by atoms with E-state index >= 15 is 0 Å². The van der Waals surface area contributed by atoms with Crippen LogP contribution in [0, 0.1) is 17.0 Å². The van der Waals surface area contributed by atoms with Gasteiger partial charge in [-0.15, -0.1) is 0 Å². The zero-order valence-electron chi connectivity index (χ0n) is 16.8. The van der Waals surface area contributed by atoms with Crippen molar-refractivity contribution in [3.05, 3.63) is 68.2 Å². The van der Waals surface area contributed by atoms with Crippen LogP contribution in [0.4, 0.5) is 5.69 Å². The molecule has 0 spiro atoms. The quantitative estimate of drug-likeness (QED) is 0.426. The number of ether oxygens (including phenoxy) is 1. The molecule has 0 aliphatic rings. The van der Waals surface area contributed by atoms with Crippen LogP contribution in [-0.2, 0) is 17.8 Å². The van der Waals surface area contributed by atoms with E-state index in [0.717, 1.165) is 16.9 Å². The van der Waals surface area contributed by atoms with E-state index in [9.17, 15) is 19.7 Å². The van der Waals surface area contributed by atoms with Gasteiger partial charge in [0.2, 0.25) is 5.91 Å². The number of methoxy groups -OCH3 is 1. The summed E-state index contributed by atoms with van der Waals surface area (Å²) in [6.07, 6.45) is 1.34. The Morgan fingerprint density at radius 1 is 1.27 bits per heavy atom. The first-order chi connectivity index (χ1) is 14.4. The highest BCUT2D eigenvalue weighted by Gasteiger charge is 2.14. The third-order valence-corrected chi connectivity index (χ3v) is 4.80. The van der Waals surface area contributed by atoms with Gasteiger partial charge in [-0.25, -0.2) is 4.79 Å². The molecular formula is C21H23N3O6. The molecule has 9 nitrogen and oxygen atoms in total. The highest BCUT2D eigenvalue weighted by atomic mass is 16.6. The SMILES string of the molecule is COc1ccc(C)cc1CCNC(=O)CCCn1c(=O)oc2cc([N+](=O)[O-])ccc21. The Labute approximate surface area is 172 Å². The van der Waals surface area contributed by atoms with Crippen LogP contribution >= 0.6 is 0 Å². The van der Waals surface area contributed by atoms with E-state index < -0.39 is 10.7 Å². The molecule has 1 aromatic heterocycles. The normalized spacial score (nSPS) is 10.9. The molecule has 30 heavy (non-hydrogen) atoms. The molecule has 0 unspecified atom stereocenters. The van der Waals surface area contributed by atoms with Crippen molar-refractivity contribution >= 4 is 22.7 Å². The molecule has 0 bridgehead atoms. The summed E-state index contributed by atoms with van der Waals surface area (Å²) in [5.41, 5.74) is 2.64. The lowest BCUT2D eigenvalue weighted by Crippen LogP contribution is -2.26. The van der Waals surface area contributed by atoms with Crippen LogP contribution in [0.15, 0.2) is 45.6 Å². The van der Waals surface area contributed by atoms with Crippen LogP contribution in [-0.4, -0.2) is 29.1 Å². The number of rotatable bonds is 9. The summed E-state index contributed by atoms with van der Waals surface area (Å²) in [7, 11) is 1.62. The number of hydrogen-bond donors (Lipinski definition) is 1. The minimum absolute atomic E-state index is 0.113. The fraction of sp³-hybridized carbons (Fsp3) is 0.333. The number of amides is 1. The molecule has 0 radical (unpaired) electrons. The molecule has 0 aliphatic heterocycles. The maximum absolute atomic E-state index is 12.1. The standard InChI is InChI=1S/C21H23N3O6/c1-14-5-8-18(29-2)15(12-14)9-10-22-20(25)4-3-11-23-17-7-6-16(24(27)28)13-19(17)30-21(23)26/h5-8,12-13H,3-4,9-11H2,1-2H3,(H,22,25). The lowest BCUT2D eigenvalue weighted by Gasteiger charge is -2.10. The predicted molar refractivity (Wildman–Crippen MR) is 111 cm³/mol. The Balaban J connectivity index is 1.51. The van der Waals surface area contributed by atoms with E-state index in [1.54, 1.807) is 7.11 Å². The number of nitro groups is 1. The summed E-state index contributed by atoms with van der Waals surface area (Å²) < 4.78 is 11.8. The van der Waals surface area contributed by atoms with E-state index in [0.29, 0.717) is 24.9 Å². The Hall–Kier alpha value is -3.62. The maximum Gasteiger partial charge on any atom is 0.419 e. The van der Waals surface area contributed by atoms with Crippen molar-refractivity contribution in [2.24, 2.45) is 0 Å². The lowest BCUT2D eigenvalue weighted by molar-refractivity contribution is -0.384. The van der Waals surface area contributed by atoms with E-state index in [4.69, 9.17) is 9.15 Å². The third-order valence-electron chi connectivity index (χ3n) is 4.80. The molecular weight excluding hydrogens is 390 g/mol. The summed E-state index contributed by atoms with van der Waals surface area (Å²) in [6.45, 7) is 2.76. The third kappa shape index (κ3) is 4.86. The molecule has 3 aromatic rings. The van der Waals surface area contributed by atoms with E-state index in [2.05, 4.69) is 5.32 Å². The zero-order valence-corrected chi connectivity index (χ0v) is 16.8. The molecule has 158 valence electrons. The number of fused-ring (bicyclic) bond motifs is 1. The second-order valence-electron chi connectivity index (χ2n) is 6.95. The topological polar surface area (TPSA) is 117 Å². The molecule has 0 atom stereocenters. The van der Waals surface area contributed by atoms with Crippen molar-refractivity contribution in [2.75, 3.05) is 13.7 Å². The monoisotopic (exact) mass is 413 g/mol.